The molecule has 1 aromatic heterocycles. The summed E-state index contributed by atoms with van der Waals surface area (Å²) in [4.78, 5) is 32.5. The number of halogens is 3. The lowest BCUT2D eigenvalue weighted by atomic mass is 9.98. The maximum atomic E-state index is 13.0. The number of anilines is 2. The molecule has 32 heavy (non-hydrogen) atoms. The number of carbonyl (C=O) groups is 2. The van der Waals surface area contributed by atoms with E-state index in [2.05, 4.69) is 20.0 Å². The van der Waals surface area contributed by atoms with Crippen LogP contribution in [-0.4, -0.2) is 41.1 Å². The van der Waals surface area contributed by atoms with E-state index in [4.69, 9.17) is 5.73 Å². The number of hydrogen-bond acceptors (Lipinski definition) is 9. The van der Waals surface area contributed by atoms with Gasteiger partial charge in [0.1, 0.15) is 16.7 Å². The van der Waals surface area contributed by atoms with E-state index in [9.17, 15) is 28.0 Å². The molecule has 2 aromatic rings. The summed E-state index contributed by atoms with van der Waals surface area (Å²) in [6, 6.07) is 5.32. The molecule has 1 atom stereocenters. The van der Waals surface area contributed by atoms with E-state index in [0.29, 0.717) is 5.03 Å². The second kappa shape index (κ2) is 10.8. The number of alkyl halides is 3. The predicted octanol–water partition coefficient (Wildman–Crippen LogP) is 3.22. The highest BCUT2D eigenvalue weighted by Crippen LogP contribution is 2.30. The number of thioether (sulfide) groups is 1. The first-order valence-corrected chi connectivity index (χ1v) is 10.4. The molecule has 0 aliphatic heterocycles. The van der Waals surface area contributed by atoms with Crippen LogP contribution in [0.15, 0.2) is 29.3 Å². The van der Waals surface area contributed by atoms with Crippen molar-refractivity contribution in [3.63, 3.8) is 0 Å². The molecule has 0 aliphatic carbocycles. The van der Waals surface area contributed by atoms with Crippen molar-refractivity contribution in [3.8, 4) is 6.07 Å². The van der Waals surface area contributed by atoms with Gasteiger partial charge in [0.2, 0.25) is 5.95 Å². The van der Waals surface area contributed by atoms with Crippen LogP contribution in [0.3, 0.4) is 0 Å². The molecule has 0 bridgehead atoms. The van der Waals surface area contributed by atoms with Gasteiger partial charge in [0.15, 0.2) is 11.6 Å². The molecule has 0 radical (unpaired) electrons. The molecule has 0 amide bonds. The van der Waals surface area contributed by atoms with Crippen LogP contribution in [0, 0.1) is 11.3 Å². The number of ketones is 1. The minimum absolute atomic E-state index is 0.00314. The van der Waals surface area contributed by atoms with Gasteiger partial charge in [-0.15, -0.1) is 11.8 Å². The summed E-state index contributed by atoms with van der Waals surface area (Å²) in [5, 5.41) is 12.6. The number of nitrogen functional groups attached to an aromatic ring is 1. The third kappa shape index (κ3) is 6.58. The molecule has 12 heteroatoms. The molecule has 1 heterocycles. The third-order valence-electron chi connectivity index (χ3n) is 4.40. The molecule has 0 unspecified atom stereocenters. The van der Waals surface area contributed by atoms with Crippen molar-refractivity contribution in [2.75, 3.05) is 24.4 Å². The van der Waals surface area contributed by atoms with Gasteiger partial charge in [0.05, 0.1) is 18.7 Å². The molecule has 1 aromatic carbocycles. The van der Waals surface area contributed by atoms with Gasteiger partial charge in [-0.1, -0.05) is 18.2 Å². The SMILES string of the molecule is COC(=O)CC[C@H](Nc1nc(N)nc(SC)c1C#N)C(=O)Cc1cccc(C(F)(F)F)c1. The lowest BCUT2D eigenvalue weighted by Crippen LogP contribution is -2.32. The second-order valence-electron chi connectivity index (χ2n) is 6.58. The Balaban J connectivity index is 2.34. The van der Waals surface area contributed by atoms with E-state index >= 15 is 0 Å². The Morgan fingerprint density at radius 1 is 1.34 bits per heavy atom. The molecule has 8 nitrogen and oxygen atoms in total. The fraction of sp³-hybridized carbons (Fsp3) is 0.350. The molecule has 0 saturated heterocycles. The standard InChI is InChI=1S/C20H20F3N5O3S/c1-31-16(30)7-6-14(26-17-13(10-24)18(32-2)28-19(25)27-17)15(29)9-11-4-3-5-12(8-11)20(21,22)23/h3-5,8,14H,6-7,9H2,1-2H3,(H3,25,26,27,28)/t14-/m0/s1. The van der Waals surface area contributed by atoms with E-state index in [1.807, 2.05) is 6.07 Å². The lowest BCUT2D eigenvalue weighted by molar-refractivity contribution is -0.141. The first kappa shape index (κ1) is 24.9. The summed E-state index contributed by atoms with van der Waals surface area (Å²) >= 11 is 1.15. The highest BCUT2D eigenvalue weighted by Gasteiger charge is 2.31. The number of carbonyl (C=O) groups excluding carboxylic acids is 2. The van der Waals surface area contributed by atoms with Gasteiger partial charge in [0.25, 0.3) is 0 Å². The minimum atomic E-state index is -4.55. The smallest absolute Gasteiger partial charge is 0.416 e. The lowest BCUT2D eigenvalue weighted by Gasteiger charge is -2.19. The first-order chi connectivity index (χ1) is 15.1. The van der Waals surface area contributed by atoms with Gasteiger partial charge in [-0.3, -0.25) is 9.59 Å². The van der Waals surface area contributed by atoms with Crippen LogP contribution in [0.2, 0.25) is 0 Å². The summed E-state index contributed by atoms with van der Waals surface area (Å²) < 4.78 is 43.6. The average molecular weight is 467 g/mol. The monoisotopic (exact) mass is 467 g/mol. The van der Waals surface area contributed by atoms with Crippen molar-refractivity contribution in [1.82, 2.24) is 9.97 Å². The van der Waals surface area contributed by atoms with Crippen LogP contribution < -0.4 is 11.1 Å². The van der Waals surface area contributed by atoms with E-state index in [1.165, 1.54) is 19.2 Å². The summed E-state index contributed by atoms with van der Waals surface area (Å²) in [6.45, 7) is 0. The number of nitrogens with two attached hydrogens (primary N) is 1. The Bertz CT molecular complexity index is 1040. The maximum Gasteiger partial charge on any atom is 0.416 e. The van der Waals surface area contributed by atoms with Crippen LogP contribution >= 0.6 is 11.8 Å². The summed E-state index contributed by atoms with van der Waals surface area (Å²) in [5.41, 5.74) is 5.02. The number of ether oxygens (including phenoxy) is 1. The summed E-state index contributed by atoms with van der Waals surface area (Å²) in [7, 11) is 1.19. The number of rotatable bonds is 9. The Kier molecular flexibility index (Phi) is 8.42. The highest BCUT2D eigenvalue weighted by atomic mass is 32.2. The first-order valence-electron chi connectivity index (χ1n) is 9.22. The number of nitrogens with one attached hydrogen (secondary N) is 1. The van der Waals surface area contributed by atoms with Gasteiger partial charge in [-0.2, -0.15) is 23.4 Å². The molecule has 2 rings (SSSR count). The van der Waals surface area contributed by atoms with Crippen LogP contribution in [0.25, 0.3) is 0 Å². The van der Waals surface area contributed by atoms with Crippen molar-refractivity contribution < 1.29 is 27.5 Å². The van der Waals surface area contributed by atoms with E-state index in [0.717, 1.165) is 23.9 Å². The van der Waals surface area contributed by atoms with Gasteiger partial charge in [-0.25, -0.2) is 4.98 Å². The Morgan fingerprint density at radius 2 is 2.06 bits per heavy atom. The Hall–Kier alpha value is -3.33. The van der Waals surface area contributed by atoms with Crippen LogP contribution in [-0.2, 0) is 26.9 Å². The highest BCUT2D eigenvalue weighted by molar-refractivity contribution is 7.98. The normalized spacial score (nSPS) is 12.0. The second-order valence-corrected chi connectivity index (χ2v) is 7.37. The summed E-state index contributed by atoms with van der Waals surface area (Å²) in [5.74, 6) is -1.21. The average Bonchev–Trinajstić information content (AvgIpc) is 2.75. The molecule has 0 spiro atoms. The quantitative estimate of drug-likeness (QED) is 0.324. The molecule has 0 saturated carbocycles. The topological polar surface area (TPSA) is 131 Å². The molecule has 0 aliphatic rings. The third-order valence-corrected chi connectivity index (χ3v) is 5.08. The van der Waals surface area contributed by atoms with E-state index in [-0.39, 0.29) is 42.2 Å². The summed E-state index contributed by atoms with van der Waals surface area (Å²) in [6.07, 6.45) is -3.37. The predicted molar refractivity (Wildman–Crippen MR) is 112 cm³/mol. The number of nitrogens with zero attached hydrogens (tertiary/aromatic N) is 3. The molecular formula is C20H20F3N5O3S. The van der Waals surface area contributed by atoms with Crippen molar-refractivity contribution in [2.24, 2.45) is 0 Å². The van der Waals surface area contributed by atoms with Crippen molar-refractivity contribution in [2.45, 2.75) is 36.5 Å². The van der Waals surface area contributed by atoms with Gasteiger partial charge in [0, 0.05) is 12.8 Å². The molecule has 3 N–H and O–H groups in total. The van der Waals surface area contributed by atoms with Crippen molar-refractivity contribution >= 4 is 35.3 Å². The van der Waals surface area contributed by atoms with Gasteiger partial charge < -0.3 is 15.8 Å². The maximum absolute atomic E-state index is 13.0. The number of aromatic nitrogens is 2. The zero-order chi connectivity index (χ0) is 23.9. The number of benzene rings is 1. The Labute approximate surface area is 186 Å². The van der Waals surface area contributed by atoms with Crippen LogP contribution in [0.4, 0.5) is 24.9 Å². The van der Waals surface area contributed by atoms with Crippen LogP contribution in [0.1, 0.15) is 29.5 Å². The number of nitriles is 1. The fourth-order valence-electron chi connectivity index (χ4n) is 2.83. The largest absolute Gasteiger partial charge is 0.469 e. The van der Waals surface area contributed by atoms with Crippen LogP contribution in [0.5, 0.6) is 0 Å². The molecular weight excluding hydrogens is 447 g/mol. The minimum Gasteiger partial charge on any atom is -0.469 e. The molecule has 0 fully saturated rings. The van der Waals surface area contributed by atoms with Crippen molar-refractivity contribution in [1.29, 1.82) is 5.26 Å². The van der Waals surface area contributed by atoms with Crippen molar-refractivity contribution in [3.05, 3.63) is 41.0 Å². The van der Waals surface area contributed by atoms with Gasteiger partial charge >= 0.3 is 12.1 Å². The van der Waals surface area contributed by atoms with E-state index < -0.39 is 29.5 Å². The number of Topliss-reactive ketones (excluding diaryl/α,β-unsaturated/α-hetero) is 1. The molecule has 170 valence electrons. The number of hydrogen-bond donors (Lipinski definition) is 2. The Morgan fingerprint density at radius 3 is 2.66 bits per heavy atom. The zero-order valence-corrected chi connectivity index (χ0v) is 18.0. The fourth-order valence-corrected chi connectivity index (χ4v) is 3.37. The number of esters is 1. The van der Waals surface area contributed by atoms with E-state index in [1.54, 1.807) is 6.26 Å². The van der Waals surface area contributed by atoms with Gasteiger partial charge in [-0.05, 0) is 24.3 Å². The zero-order valence-electron chi connectivity index (χ0n) is 17.2. The number of methoxy groups -OCH3 is 1.